The molecule has 0 aliphatic carbocycles. The predicted octanol–water partition coefficient (Wildman–Crippen LogP) is 1.29. The van der Waals surface area contributed by atoms with Crippen molar-refractivity contribution in [3.8, 4) is 0 Å². The van der Waals surface area contributed by atoms with Gasteiger partial charge in [-0.15, -0.1) is 0 Å². The monoisotopic (exact) mass is 362 g/mol. The number of fused-ring (bicyclic) bond motifs is 2. The quantitative estimate of drug-likeness (QED) is 0.655. The molecule has 1 spiro atoms. The minimum Gasteiger partial charge on any atom is -0.348 e. The van der Waals surface area contributed by atoms with Gasteiger partial charge in [-0.25, -0.2) is 8.42 Å². The van der Waals surface area contributed by atoms with E-state index in [9.17, 15) is 18.5 Å². The molecule has 1 saturated heterocycles. The Labute approximate surface area is 145 Å². The van der Waals surface area contributed by atoms with Gasteiger partial charge in [0, 0.05) is 37.6 Å². The number of nitrogens with zero attached hydrogens (tertiary/aromatic N) is 3. The van der Waals surface area contributed by atoms with Gasteiger partial charge in [0.2, 0.25) is 0 Å². The second-order valence-electron chi connectivity index (χ2n) is 6.35. The molecule has 1 N–H and O–H groups in total. The molecule has 0 amide bonds. The maximum atomic E-state index is 13.4. The van der Waals surface area contributed by atoms with Crippen LogP contribution >= 0.6 is 0 Å². The Balaban J connectivity index is 1.88. The van der Waals surface area contributed by atoms with Crippen molar-refractivity contribution in [1.29, 1.82) is 0 Å². The van der Waals surface area contributed by atoms with Crippen molar-refractivity contribution >= 4 is 15.7 Å². The van der Waals surface area contributed by atoms with Crippen molar-refractivity contribution in [2.24, 2.45) is 0 Å². The normalized spacial score (nSPS) is 23.7. The van der Waals surface area contributed by atoms with E-state index in [1.54, 1.807) is 0 Å². The van der Waals surface area contributed by atoms with E-state index in [1.165, 1.54) is 28.6 Å². The highest BCUT2D eigenvalue weighted by Crippen LogP contribution is 2.42. The molecule has 1 unspecified atom stereocenters. The van der Waals surface area contributed by atoms with Crippen LogP contribution < -0.4 is 5.32 Å². The number of hydrogen-bond donors (Lipinski definition) is 1. The van der Waals surface area contributed by atoms with Crippen LogP contribution in [-0.2, 0) is 22.1 Å². The van der Waals surface area contributed by atoms with E-state index in [2.05, 4.69) is 9.88 Å². The van der Waals surface area contributed by atoms with E-state index in [-0.39, 0.29) is 17.1 Å². The highest BCUT2D eigenvalue weighted by molar-refractivity contribution is 7.89. The van der Waals surface area contributed by atoms with E-state index in [1.807, 2.05) is 18.3 Å². The topological polar surface area (TPSA) is 97.5 Å². The molecule has 132 valence electrons. The van der Waals surface area contributed by atoms with Gasteiger partial charge in [0.1, 0.15) is 0 Å². The number of nitro groups is 1. The van der Waals surface area contributed by atoms with Gasteiger partial charge in [0.25, 0.3) is 15.7 Å². The number of para-hydroxylation sites is 1. The third-order valence-corrected chi connectivity index (χ3v) is 7.10. The Morgan fingerprint density at radius 2 is 1.96 bits per heavy atom. The van der Waals surface area contributed by atoms with E-state index in [0.717, 1.165) is 5.69 Å². The van der Waals surface area contributed by atoms with Crippen LogP contribution in [-0.4, -0.2) is 41.8 Å². The van der Waals surface area contributed by atoms with Gasteiger partial charge in [-0.2, -0.15) is 4.31 Å². The van der Waals surface area contributed by atoms with Gasteiger partial charge in [0.05, 0.1) is 10.5 Å². The summed E-state index contributed by atoms with van der Waals surface area (Å²) in [5.74, 6) is 0. The van der Waals surface area contributed by atoms with Crippen molar-refractivity contribution in [1.82, 2.24) is 14.2 Å². The number of rotatable bonds is 3. The van der Waals surface area contributed by atoms with Crippen molar-refractivity contribution < 1.29 is 13.3 Å². The molecule has 9 heteroatoms. The highest BCUT2D eigenvalue weighted by Gasteiger charge is 2.51. The Morgan fingerprint density at radius 1 is 1.16 bits per heavy atom. The summed E-state index contributed by atoms with van der Waals surface area (Å²) in [6, 6.07) is 9.40. The Hall–Kier alpha value is -2.23. The zero-order chi connectivity index (χ0) is 17.7. The number of nitrogens with one attached hydrogen (secondary N) is 1. The molecular formula is C16H18N4O4S. The van der Waals surface area contributed by atoms with Gasteiger partial charge >= 0.3 is 0 Å². The van der Waals surface area contributed by atoms with Crippen LogP contribution in [0, 0.1) is 10.1 Å². The maximum absolute atomic E-state index is 13.4. The molecule has 0 saturated carbocycles. The van der Waals surface area contributed by atoms with Crippen LogP contribution in [0.2, 0.25) is 0 Å². The Bertz CT molecular complexity index is 931. The fourth-order valence-corrected chi connectivity index (χ4v) is 5.90. The molecule has 1 aromatic carbocycles. The molecule has 1 fully saturated rings. The third kappa shape index (κ3) is 2.30. The standard InChI is InChI=1S/C16H18N4O4S/c21-20(22)13-4-1-2-5-14(13)25(23,24)19-11-10-18-9-3-6-15(18)16(19)7-8-17-12-16/h1-6,9,17H,7-8,10-12H2. The van der Waals surface area contributed by atoms with Crippen molar-refractivity contribution in [3.05, 3.63) is 58.4 Å². The summed E-state index contributed by atoms with van der Waals surface area (Å²) in [4.78, 5) is 10.4. The second kappa shape index (κ2) is 5.65. The number of sulfonamides is 1. The van der Waals surface area contributed by atoms with Gasteiger partial charge in [-0.3, -0.25) is 10.1 Å². The molecule has 3 heterocycles. The molecule has 1 atom stereocenters. The Morgan fingerprint density at radius 3 is 2.68 bits per heavy atom. The minimum atomic E-state index is -4.01. The number of aromatic nitrogens is 1. The SMILES string of the molecule is O=[N+]([O-])c1ccccc1S(=O)(=O)N1CCn2cccc2C12CCNC2. The Kier molecular flexibility index (Phi) is 3.67. The average molecular weight is 362 g/mol. The third-order valence-electron chi connectivity index (χ3n) is 5.09. The first-order valence-electron chi connectivity index (χ1n) is 8.09. The number of hydrogen-bond acceptors (Lipinski definition) is 5. The molecular weight excluding hydrogens is 344 g/mol. The van der Waals surface area contributed by atoms with E-state index < -0.39 is 20.5 Å². The molecule has 4 rings (SSSR count). The summed E-state index contributed by atoms with van der Waals surface area (Å²) in [5, 5.41) is 14.6. The van der Waals surface area contributed by atoms with Crippen molar-refractivity contribution in [2.75, 3.05) is 19.6 Å². The van der Waals surface area contributed by atoms with Crippen molar-refractivity contribution in [2.45, 2.75) is 23.4 Å². The predicted molar refractivity (Wildman–Crippen MR) is 90.6 cm³/mol. The lowest BCUT2D eigenvalue weighted by atomic mass is 9.92. The van der Waals surface area contributed by atoms with Gasteiger partial charge in [0.15, 0.2) is 4.90 Å². The van der Waals surface area contributed by atoms with Gasteiger partial charge < -0.3 is 9.88 Å². The molecule has 0 bridgehead atoms. The van der Waals surface area contributed by atoms with E-state index in [4.69, 9.17) is 0 Å². The highest BCUT2D eigenvalue weighted by atomic mass is 32.2. The van der Waals surface area contributed by atoms with E-state index >= 15 is 0 Å². The summed E-state index contributed by atoms with van der Waals surface area (Å²) in [6.07, 6.45) is 2.58. The summed E-state index contributed by atoms with van der Waals surface area (Å²) >= 11 is 0. The van der Waals surface area contributed by atoms with Crippen molar-refractivity contribution in [3.63, 3.8) is 0 Å². The largest absolute Gasteiger partial charge is 0.348 e. The molecule has 8 nitrogen and oxygen atoms in total. The fraction of sp³-hybridized carbons (Fsp3) is 0.375. The lowest BCUT2D eigenvalue weighted by Crippen LogP contribution is -2.55. The molecule has 0 radical (unpaired) electrons. The second-order valence-corrected chi connectivity index (χ2v) is 8.18. The van der Waals surface area contributed by atoms with Gasteiger partial charge in [-0.05, 0) is 31.2 Å². The van der Waals surface area contributed by atoms with E-state index in [0.29, 0.717) is 26.1 Å². The number of nitro benzene ring substituents is 1. The van der Waals surface area contributed by atoms with Gasteiger partial charge in [-0.1, -0.05) is 12.1 Å². The minimum absolute atomic E-state index is 0.244. The maximum Gasteiger partial charge on any atom is 0.289 e. The number of benzene rings is 1. The summed E-state index contributed by atoms with van der Waals surface area (Å²) in [5.41, 5.74) is -0.153. The van der Waals surface area contributed by atoms with Crippen LogP contribution in [0.3, 0.4) is 0 Å². The average Bonchev–Trinajstić information content (AvgIpc) is 3.25. The lowest BCUT2D eigenvalue weighted by molar-refractivity contribution is -0.387. The summed E-state index contributed by atoms with van der Waals surface area (Å²) < 4.78 is 30.3. The first-order chi connectivity index (χ1) is 12.0. The lowest BCUT2D eigenvalue weighted by Gasteiger charge is -2.43. The van der Waals surface area contributed by atoms with Crippen LogP contribution in [0.4, 0.5) is 5.69 Å². The smallest absolute Gasteiger partial charge is 0.289 e. The zero-order valence-corrected chi connectivity index (χ0v) is 14.3. The van der Waals surface area contributed by atoms with Crippen LogP contribution in [0.25, 0.3) is 0 Å². The summed E-state index contributed by atoms with van der Waals surface area (Å²) in [7, 11) is -4.01. The zero-order valence-electron chi connectivity index (χ0n) is 13.5. The fourth-order valence-electron chi connectivity index (χ4n) is 3.98. The molecule has 2 aromatic rings. The van der Waals surface area contributed by atoms with Crippen LogP contribution in [0.15, 0.2) is 47.5 Å². The first kappa shape index (κ1) is 16.2. The molecule has 2 aliphatic heterocycles. The summed E-state index contributed by atoms with van der Waals surface area (Å²) in [6.45, 7) is 2.02. The molecule has 25 heavy (non-hydrogen) atoms. The van der Waals surface area contributed by atoms with Crippen LogP contribution in [0.5, 0.6) is 0 Å². The molecule has 2 aliphatic rings. The molecule has 1 aromatic heterocycles. The van der Waals surface area contributed by atoms with Crippen LogP contribution in [0.1, 0.15) is 12.1 Å². The first-order valence-corrected chi connectivity index (χ1v) is 9.53.